The molecule has 0 aliphatic heterocycles. The molecule has 1 aromatic rings. The predicted molar refractivity (Wildman–Crippen MR) is 88.6 cm³/mol. The van der Waals surface area contributed by atoms with Crippen LogP contribution in [-0.2, 0) is 0 Å². The molecule has 0 aliphatic rings. The lowest BCUT2D eigenvalue weighted by atomic mass is 10.1. The van der Waals surface area contributed by atoms with Crippen LogP contribution in [0, 0.1) is 0 Å². The number of carbonyl (C=O) groups is 1. The van der Waals surface area contributed by atoms with Crippen LogP contribution < -0.4 is 25.3 Å². The average Bonchev–Trinajstić information content (AvgIpc) is 2.48. The second-order valence-electron chi connectivity index (χ2n) is 4.15. The normalized spacial score (nSPS) is 9.64. The molecule has 0 aromatic heterocycles. The van der Waals surface area contributed by atoms with Crippen LogP contribution in [0.3, 0.4) is 0 Å². The maximum absolute atomic E-state index is 12.1. The monoisotopic (exact) mass is 332 g/mol. The van der Waals surface area contributed by atoms with Gasteiger partial charge in [0.05, 0.1) is 19.8 Å². The van der Waals surface area contributed by atoms with Gasteiger partial charge >= 0.3 is 0 Å². The molecule has 0 unspecified atom stereocenters. The molecule has 7 heteroatoms. The molecule has 1 aromatic carbocycles. The maximum atomic E-state index is 12.1. The number of ether oxygens (including phenoxy) is 3. The van der Waals surface area contributed by atoms with E-state index in [1.165, 1.54) is 0 Å². The Morgan fingerprint density at radius 2 is 1.55 bits per heavy atom. The number of nitrogens with one attached hydrogen (secondary N) is 1. The van der Waals surface area contributed by atoms with Gasteiger partial charge in [0.2, 0.25) is 5.75 Å². The van der Waals surface area contributed by atoms with Crippen LogP contribution in [0.5, 0.6) is 17.2 Å². The van der Waals surface area contributed by atoms with E-state index in [0.29, 0.717) is 55.7 Å². The second kappa shape index (κ2) is 11.0. The summed E-state index contributed by atoms with van der Waals surface area (Å²) in [6.45, 7) is 7.86. The zero-order chi connectivity index (χ0) is 15.7. The lowest BCUT2D eigenvalue weighted by molar-refractivity contribution is 0.0953. The van der Waals surface area contributed by atoms with Crippen molar-refractivity contribution in [3.63, 3.8) is 0 Å². The van der Waals surface area contributed by atoms with Gasteiger partial charge in [0.25, 0.3) is 5.91 Å². The van der Waals surface area contributed by atoms with E-state index in [9.17, 15) is 4.79 Å². The first kappa shape index (κ1) is 20.3. The number of hydrogen-bond acceptors (Lipinski definition) is 5. The summed E-state index contributed by atoms with van der Waals surface area (Å²) in [6, 6.07) is 3.31. The minimum atomic E-state index is -0.217. The van der Waals surface area contributed by atoms with Gasteiger partial charge in [-0.1, -0.05) is 0 Å². The molecule has 0 spiro atoms. The van der Waals surface area contributed by atoms with E-state index >= 15 is 0 Å². The van der Waals surface area contributed by atoms with Crippen molar-refractivity contribution in [1.82, 2.24) is 5.32 Å². The molecule has 0 saturated carbocycles. The van der Waals surface area contributed by atoms with Gasteiger partial charge in [0.1, 0.15) is 0 Å². The van der Waals surface area contributed by atoms with Crippen molar-refractivity contribution in [2.24, 2.45) is 5.73 Å². The quantitative estimate of drug-likeness (QED) is 0.722. The molecule has 3 N–H and O–H groups in total. The highest BCUT2D eigenvalue weighted by Crippen LogP contribution is 2.39. The van der Waals surface area contributed by atoms with Crippen molar-refractivity contribution >= 4 is 18.3 Å². The second-order valence-corrected chi connectivity index (χ2v) is 4.15. The van der Waals surface area contributed by atoms with E-state index < -0.39 is 0 Å². The Morgan fingerprint density at radius 1 is 1.05 bits per heavy atom. The highest BCUT2D eigenvalue weighted by Gasteiger charge is 2.17. The lowest BCUT2D eigenvalue weighted by Crippen LogP contribution is -2.29. The van der Waals surface area contributed by atoms with Crippen molar-refractivity contribution in [3.05, 3.63) is 17.7 Å². The zero-order valence-electron chi connectivity index (χ0n) is 13.3. The first-order valence-electron chi connectivity index (χ1n) is 7.22. The lowest BCUT2D eigenvalue weighted by Gasteiger charge is -2.17. The number of amides is 1. The van der Waals surface area contributed by atoms with Gasteiger partial charge in [-0.05, 0) is 32.9 Å². The van der Waals surface area contributed by atoms with Gasteiger partial charge in [-0.2, -0.15) is 0 Å². The van der Waals surface area contributed by atoms with Gasteiger partial charge in [0, 0.05) is 18.7 Å². The molecule has 0 bridgehead atoms. The molecule has 0 saturated heterocycles. The number of carbonyl (C=O) groups excluding carboxylic acids is 1. The van der Waals surface area contributed by atoms with E-state index in [4.69, 9.17) is 19.9 Å². The van der Waals surface area contributed by atoms with Gasteiger partial charge < -0.3 is 25.3 Å². The Morgan fingerprint density at radius 3 is 1.95 bits per heavy atom. The minimum absolute atomic E-state index is 0. The van der Waals surface area contributed by atoms with Crippen LogP contribution in [0.2, 0.25) is 0 Å². The van der Waals surface area contributed by atoms with Crippen LogP contribution in [0.25, 0.3) is 0 Å². The van der Waals surface area contributed by atoms with Crippen LogP contribution >= 0.6 is 12.4 Å². The van der Waals surface area contributed by atoms with Gasteiger partial charge in [-0.25, -0.2) is 0 Å². The highest BCUT2D eigenvalue weighted by atomic mass is 35.5. The molecule has 22 heavy (non-hydrogen) atoms. The summed E-state index contributed by atoms with van der Waals surface area (Å²) in [5.74, 6) is 1.31. The average molecular weight is 333 g/mol. The van der Waals surface area contributed by atoms with Crippen LogP contribution in [-0.4, -0.2) is 38.8 Å². The molecule has 0 heterocycles. The smallest absolute Gasteiger partial charge is 0.251 e. The minimum Gasteiger partial charge on any atom is -0.490 e. The third-order valence-electron chi connectivity index (χ3n) is 2.60. The SMILES string of the molecule is CCOc1cc(C(=O)NCCN)cc(OCC)c1OCC.Cl. The van der Waals surface area contributed by atoms with Crippen molar-refractivity contribution < 1.29 is 19.0 Å². The molecule has 6 nitrogen and oxygen atoms in total. The van der Waals surface area contributed by atoms with Crippen LogP contribution in [0.1, 0.15) is 31.1 Å². The number of hydrogen-bond donors (Lipinski definition) is 2. The first-order valence-corrected chi connectivity index (χ1v) is 7.22. The van der Waals surface area contributed by atoms with Crippen molar-refractivity contribution in [1.29, 1.82) is 0 Å². The van der Waals surface area contributed by atoms with E-state index in [1.807, 2.05) is 20.8 Å². The summed E-state index contributed by atoms with van der Waals surface area (Å²) in [5.41, 5.74) is 5.85. The predicted octanol–water partition coefficient (Wildman–Crippen LogP) is 1.99. The fourth-order valence-corrected chi connectivity index (χ4v) is 1.81. The van der Waals surface area contributed by atoms with Crippen LogP contribution in [0.15, 0.2) is 12.1 Å². The van der Waals surface area contributed by atoms with Gasteiger partial charge in [0.15, 0.2) is 11.5 Å². The van der Waals surface area contributed by atoms with E-state index in [2.05, 4.69) is 5.32 Å². The number of benzene rings is 1. The summed E-state index contributed by atoms with van der Waals surface area (Å²) < 4.78 is 16.7. The molecule has 0 aliphatic carbocycles. The Kier molecular flexibility index (Phi) is 10.2. The van der Waals surface area contributed by atoms with Crippen molar-refractivity contribution in [2.45, 2.75) is 20.8 Å². The summed E-state index contributed by atoms with van der Waals surface area (Å²) in [6.07, 6.45) is 0. The zero-order valence-corrected chi connectivity index (χ0v) is 14.1. The third kappa shape index (κ3) is 5.61. The standard InChI is InChI=1S/C15H24N2O4.ClH/c1-4-19-12-9-11(15(18)17-8-7-16)10-13(20-5-2)14(12)21-6-3;/h9-10H,4-8,16H2,1-3H3,(H,17,18);1H. The first-order chi connectivity index (χ1) is 10.2. The number of halogens is 1. The Hall–Kier alpha value is -1.66. The van der Waals surface area contributed by atoms with Gasteiger partial charge in [-0.15, -0.1) is 12.4 Å². The number of nitrogens with two attached hydrogens (primary N) is 1. The van der Waals surface area contributed by atoms with Crippen molar-refractivity contribution in [3.8, 4) is 17.2 Å². The van der Waals surface area contributed by atoms with Crippen LogP contribution in [0.4, 0.5) is 0 Å². The Labute approximate surface area is 137 Å². The third-order valence-corrected chi connectivity index (χ3v) is 2.60. The fourth-order valence-electron chi connectivity index (χ4n) is 1.81. The van der Waals surface area contributed by atoms with E-state index in [0.717, 1.165) is 0 Å². The summed E-state index contributed by atoms with van der Waals surface area (Å²) >= 11 is 0. The van der Waals surface area contributed by atoms with E-state index in [-0.39, 0.29) is 18.3 Å². The van der Waals surface area contributed by atoms with Gasteiger partial charge in [-0.3, -0.25) is 4.79 Å². The molecular formula is C15H25ClN2O4. The Bertz CT molecular complexity index is 442. The fraction of sp³-hybridized carbons (Fsp3) is 0.533. The largest absolute Gasteiger partial charge is 0.490 e. The number of rotatable bonds is 9. The summed E-state index contributed by atoms with van der Waals surface area (Å²) in [5, 5.41) is 2.72. The Balaban J connectivity index is 0.00000441. The molecular weight excluding hydrogens is 308 g/mol. The summed E-state index contributed by atoms with van der Waals surface area (Å²) in [7, 11) is 0. The highest BCUT2D eigenvalue weighted by molar-refractivity contribution is 5.95. The maximum Gasteiger partial charge on any atom is 0.251 e. The topological polar surface area (TPSA) is 82.8 Å². The van der Waals surface area contributed by atoms with E-state index in [1.54, 1.807) is 12.1 Å². The molecule has 1 amide bonds. The summed E-state index contributed by atoms with van der Waals surface area (Å²) in [4.78, 5) is 12.1. The van der Waals surface area contributed by atoms with Crippen molar-refractivity contribution in [2.75, 3.05) is 32.9 Å². The molecule has 1 rings (SSSR count). The molecule has 126 valence electrons. The molecule has 0 radical (unpaired) electrons. The molecule has 0 atom stereocenters. The molecule has 0 fully saturated rings.